The highest BCUT2D eigenvalue weighted by atomic mass is 16.3. The molecule has 0 spiro atoms. The number of unbranched alkanes of at least 4 members (excludes halogenated alkanes) is 2. The summed E-state index contributed by atoms with van der Waals surface area (Å²) in [4.78, 5) is 12.1. The Morgan fingerprint density at radius 2 is 2.00 bits per heavy atom. The summed E-state index contributed by atoms with van der Waals surface area (Å²) < 4.78 is 5.45. The van der Waals surface area contributed by atoms with E-state index >= 15 is 0 Å². The van der Waals surface area contributed by atoms with Gasteiger partial charge < -0.3 is 4.42 Å². The maximum atomic E-state index is 12.1. The first-order valence-corrected chi connectivity index (χ1v) is 5.82. The molecule has 16 heavy (non-hydrogen) atoms. The summed E-state index contributed by atoms with van der Waals surface area (Å²) in [5.41, 5.74) is 1.59. The van der Waals surface area contributed by atoms with Gasteiger partial charge in [0.1, 0.15) is 5.58 Å². The predicted octanol–water partition coefficient (Wildman–Crippen LogP) is 3.53. The summed E-state index contributed by atoms with van der Waals surface area (Å²) in [6.45, 7) is 2.16. The van der Waals surface area contributed by atoms with E-state index in [1.165, 1.54) is 6.42 Å². The number of aryl methyl sites for hydroxylation is 1. The number of fused-ring (bicyclic) bond motifs is 1. The van der Waals surface area contributed by atoms with Crippen LogP contribution in [-0.2, 0) is 6.42 Å². The lowest BCUT2D eigenvalue weighted by Gasteiger charge is -2.01. The van der Waals surface area contributed by atoms with E-state index in [-0.39, 0.29) is 5.43 Å². The van der Waals surface area contributed by atoms with Crippen LogP contribution in [0.5, 0.6) is 0 Å². The van der Waals surface area contributed by atoms with Crippen LogP contribution in [0.2, 0.25) is 0 Å². The van der Waals surface area contributed by atoms with Crippen molar-refractivity contribution in [2.24, 2.45) is 0 Å². The quantitative estimate of drug-likeness (QED) is 0.732. The minimum atomic E-state index is 0.123. The minimum absolute atomic E-state index is 0.123. The predicted molar refractivity (Wildman–Crippen MR) is 65.7 cm³/mol. The molecule has 1 aromatic heterocycles. The van der Waals surface area contributed by atoms with Gasteiger partial charge in [-0.1, -0.05) is 31.9 Å². The maximum absolute atomic E-state index is 12.1. The Labute approximate surface area is 94.9 Å². The lowest BCUT2D eigenvalue weighted by molar-refractivity contribution is 0.586. The highest BCUT2D eigenvalue weighted by molar-refractivity contribution is 5.76. The van der Waals surface area contributed by atoms with Crippen LogP contribution in [0.1, 0.15) is 31.7 Å². The summed E-state index contributed by atoms with van der Waals surface area (Å²) in [6, 6.07) is 7.40. The molecule has 0 aliphatic carbocycles. The fourth-order valence-electron chi connectivity index (χ4n) is 1.86. The normalized spacial score (nSPS) is 10.8. The highest BCUT2D eigenvalue weighted by Gasteiger charge is 2.05. The van der Waals surface area contributed by atoms with Crippen LogP contribution in [0.25, 0.3) is 11.0 Å². The molecular weight excluding hydrogens is 200 g/mol. The maximum Gasteiger partial charge on any atom is 0.195 e. The zero-order valence-electron chi connectivity index (χ0n) is 9.53. The van der Waals surface area contributed by atoms with Crippen LogP contribution >= 0.6 is 0 Å². The molecule has 0 unspecified atom stereocenters. The van der Waals surface area contributed by atoms with Crippen molar-refractivity contribution in [2.45, 2.75) is 32.6 Å². The van der Waals surface area contributed by atoms with Gasteiger partial charge in [0.15, 0.2) is 5.43 Å². The molecule has 2 heteroatoms. The second kappa shape index (κ2) is 4.97. The van der Waals surface area contributed by atoms with E-state index in [2.05, 4.69) is 6.92 Å². The van der Waals surface area contributed by atoms with Gasteiger partial charge in [-0.25, -0.2) is 0 Å². The van der Waals surface area contributed by atoms with E-state index in [4.69, 9.17) is 4.42 Å². The molecule has 2 nitrogen and oxygen atoms in total. The fourth-order valence-corrected chi connectivity index (χ4v) is 1.86. The Kier molecular flexibility index (Phi) is 3.40. The monoisotopic (exact) mass is 216 g/mol. The molecule has 0 saturated carbocycles. The van der Waals surface area contributed by atoms with E-state index in [1.807, 2.05) is 24.3 Å². The minimum Gasteiger partial charge on any atom is -0.464 e. The van der Waals surface area contributed by atoms with E-state index in [9.17, 15) is 4.79 Å². The van der Waals surface area contributed by atoms with Crippen LogP contribution in [0, 0.1) is 0 Å². The van der Waals surface area contributed by atoms with Crippen molar-refractivity contribution in [1.29, 1.82) is 0 Å². The van der Waals surface area contributed by atoms with Crippen LogP contribution in [-0.4, -0.2) is 0 Å². The van der Waals surface area contributed by atoms with E-state index in [0.29, 0.717) is 11.0 Å². The number of rotatable bonds is 4. The number of para-hydroxylation sites is 1. The first-order chi connectivity index (χ1) is 7.83. The van der Waals surface area contributed by atoms with E-state index in [1.54, 1.807) is 6.26 Å². The third-order valence-electron chi connectivity index (χ3n) is 2.80. The van der Waals surface area contributed by atoms with Crippen molar-refractivity contribution in [3.8, 4) is 0 Å². The third-order valence-corrected chi connectivity index (χ3v) is 2.80. The Hall–Kier alpha value is -1.57. The molecule has 2 aromatic rings. The summed E-state index contributed by atoms with van der Waals surface area (Å²) in [5.74, 6) is 0. The largest absolute Gasteiger partial charge is 0.464 e. The molecule has 0 N–H and O–H groups in total. The van der Waals surface area contributed by atoms with Crippen LogP contribution in [0.4, 0.5) is 0 Å². The van der Waals surface area contributed by atoms with Crippen molar-refractivity contribution in [2.75, 3.05) is 0 Å². The smallest absolute Gasteiger partial charge is 0.195 e. The molecular formula is C14H16O2. The Morgan fingerprint density at radius 3 is 2.81 bits per heavy atom. The van der Waals surface area contributed by atoms with Crippen molar-refractivity contribution in [3.63, 3.8) is 0 Å². The number of hydrogen-bond donors (Lipinski definition) is 0. The molecule has 0 radical (unpaired) electrons. The zero-order chi connectivity index (χ0) is 11.4. The second-order valence-electron chi connectivity index (χ2n) is 4.04. The fraction of sp³-hybridized carbons (Fsp3) is 0.357. The third kappa shape index (κ3) is 2.16. The molecule has 0 bridgehead atoms. The number of hydrogen-bond acceptors (Lipinski definition) is 2. The van der Waals surface area contributed by atoms with Gasteiger partial charge in [0, 0.05) is 5.56 Å². The van der Waals surface area contributed by atoms with Crippen molar-refractivity contribution >= 4 is 11.0 Å². The Balaban J connectivity index is 2.33. The van der Waals surface area contributed by atoms with E-state index < -0.39 is 0 Å². The van der Waals surface area contributed by atoms with Gasteiger partial charge in [0.25, 0.3) is 0 Å². The first kappa shape index (κ1) is 10.9. The zero-order valence-corrected chi connectivity index (χ0v) is 9.53. The van der Waals surface area contributed by atoms with Gasteiger partial charge >= 0.3 is 0 Å². The molecule has 0 fully saturated rings. The molecule has 84 valence electrons. The van der Waals surface area contributed by atoms with Gasteiger partial charge in [0.2, 0.25) is 0 Å². The average Bonchev–Trinajstić information content (AvgIpc) is 2.33. The lowest BCUT2D eigenvalue weighted by atomic mass is 10.1. The molecule has 0 amide bonds. The first-order valence-electron chi connectivity index (χ1n) is 5.82. The molecule has 1 heterocycles. The second-order valence-corrected chi connectivity index (χ2v) is 4.04. The van der Waals surface area contributed by atoms with Crippen LogP contribution < -0.4 is 5.43 Å². The standard InChI is InChI=1S/C14H16O2/c1-2-3-4-7-11-10-16-13-9-6-5-8-12(13)14(11)15/h5-6,8-10H,2-4,7H2,1H3. The Bertz CT molecular complexity index is 525. The van der Waals surface area contributed by atoms with Gasteiger partial charge in [-0.15, -0.1) is 0 Å². The van der Waals surface area contributed by atoms with E-state index in [0.717, 1.165) is 24.8 Å². The topological polar surface area (TPSA) is 30.2 Å². The molecule has 0 atom stereocenters. The molecule has 0 saturated heterocycles. The van der Waals surface area contributed by atoms with Gasteiger partial charge in [-0.2, -0.15) is 0 Å². The van der Waals surface area contributed by atoms with Crippen molar-refractivity contribution in [1.82, 2.24) is 0 Å². The molecule has 2 rings (SSSR count). The Morgan fingerprint density at radius 1 is 1.19 bits per heavy atom. The van der Waals surface area contributed by atoms with Gasteiger partial charge in [-0.3, -0.25) is 4.79 Å². The summed E-state index contributed by atoms with van der Waals surface area (Å²) >= 11 is 0. The SMILES string of the molecule is CCCCCc1coc2ccccc2c1=O. The molecule has 0 aliphatic heterocycles. The van der Waals surface area contributed by atoms with Crippen LogP contribution in [0.15, 0.2) is 39.7 Å². The lowest BCUT2D eigenvalue weighted by Crippen LogP contribution is -2.08. The van der Waals surface area contributed by atoms with Crippen molar-refractivity contribution in [3.05, 3.63) is 46.3 Å². The van der Waals surface area contributed by atoms with Crippen LogP contribution in [0.3, 0.4) is 0 Å². The van der Waals surface area contributed by atoms with Crippen molar-refractivity contribution < 1.29 is 4.42 Å². The molecule has 0 aliphatic rings. The average molecular weight is 216 g/mol. The number of benzene rings is 1. The van der Waals surface area contributed by atoms with Gasteiger partial charge in [0.05, 0.1) is 11.6 Å². The summed E-state index contributed by atoms with van der Waals surface area (Å²) in [5, 5.41) is 0.691. The summed E-state index contributed by atoms with van der Waals surface area (Å²) in [6.07, 6.45) is 5.81. The highest BCUT2D eigenvalue weighted by Crippen LogP contribution is 2.12. The summed E-state index contributed by atoms with van der Waals surface area (Å²) in [7, 11) is 0. The molecule has 1 aromatic carbocycles. The van der Waals surface area contributed by atoms with Gasteiger partial charge in [-0.05, 0) is 25.0 Å².